The Balaban J connectivity index is 2.36. The maximum absolute atomic E-state index is 4.50. The SMILES string of the molecule is C=CN=C(C)C(/C(=C\C)C1CC1)=C(\C)N1CCNC(CC)C1. The van der Waals surface area contributed by atoms with Crippen molar-refractivity contribution in [2.45, 2.75) is 53.0 Å². The largest absolute Gasteiger partial charge is 0.372 e. The number of hydrogen-bond donors (Lipinski definition) is 1. The summed E-state index contributed by atoms with van der Waals surface area (Å²) in [5.74, 6) is 0.731. The van der Waals surface area contributed by atoms with Crippen LogP contribution in [-0.4, -0.2) is 36.3 Å². The van der Waals surface area contributed by atoms with Gasteiger partial charge in [0.2, 0.25) is 0 Å². The molecule has 3 nitrogen and oxygen atoms in total. The molecule has 0 bridgehead atoms. The maximum Gasteiger partial charge on any atom is 0.0464 e. The molecular weight excluding hydrogens is 270 g/mol. The number of hydrogen-bond acceptors (Lipinski definition) is 3. The Bertz CT molecular complexity index is 495. The van der Waals surface area contributed by atoms with Crippen LogP contribution in [0.1, 0.15) is 47.0 Å². The Morgan fingerprint density at radius 3 is 2.64 bits per heavy atom. The normalized spacial score (nSPS) is 25.1. The van der Waals surface area contributed by atoms with Crippen LogP contribution in [0, 0.1) is 5.92 Å². The number of aliphatic imine (C=N–C) groups is 1. The monoisotopic (exact) mass is 301 g/mol. The van der Waals surface area contributed by atoms with Crippen molar-refractivity contribution >= 4 is 5.71 Å². The Morgan fingerprint density at radius 1 is 1.36 bits per heavy atom. The molecule has 1 unspecified atom stereocenters. The summed E-state index contributed by atoms with van der Waals surface area (Å²) in [6.07, 6.45) is 7.76. The van der Waals surface area contributed by atoms with Gasteiger partial charge in [-0.3, -0.25) is 4.99 Å². The van der Waals surface area contributed by atoms with E-state index in [4.69, 9.17) is 0 Å². The van der Waals surface area contributed by atoms with E-state index in [2.05, 4.69) is 55.6 Å². The second kappa shape index (κ2) is 7.77. The van der Waals surface area contributed by atoms with Gasteiger partial charge in [0.15, 0.2) is 0 Å². The standard InChI is InChI=1S/C19H31N3/c1-6-17-13-22(12-11-21-17)15(5)19(14(4)20-8-3)18(7-2)16-9-10-16/h7-8,16-17,21H,3,6,9-13H2,1-2,4-5H3/b18-7-,19-15-,20-14?. The van der Waals surface area contributed by atoms with Gasteiger partial charge in [0.25, 0.3) is 0 Å². The highest BCUT2D eigenvalue weighted by Crippen LogP contribution is 2.41. The van der Waals surface area contributed by atoms with Crippen LogP contribution in [0.4, 0.5) is 0 Å². The molecule has 1 aliphatic carbocycles. The molecule has 3 heteroatoms. The zero-order valence-electron chi connectivity index (χ0n) is 14.7. The lowest BCUT2D eigenvalue weighted by molar-refractivity contribution is 0.242. The van der Waals surface area contributed by atoms with Gasteiger partial charge in [-0.05, 0) is 51.5 Å². The third kappa shape index (κ3) is 3.89. The molecule has 2 aliphatic rings. The van der Waals surface area contributed by atoms with E-state index < -0.39 is 0 Å². The van der Waals surface area contributed by atoms with Crippen LogP contribution in [-0.2, 0) is 0 Å². The second-order valence-electron chi connectivity index (χ2n) is 6.38. The third-order valence-corrected chi connectivity index (χ3v) is 4.85. The molecule has 1 saturated carbocycles. The molecule has 0 aromatic carbocycles. The summed E-state index contributed by atoms with van der Waals surface area (Å²) < 4.78 is 0. The summed E-state index contributed by atoms with van der Waals surface area (Å²) in [7, 11) is 0. The average Bonchev–Trinajstić information content (AvgIpc) is 3.36. The molecule has 2 fully saturated rings. The molecule has 2 rings (SSSR count). The van der Waals surface area contributed by atoms with E-state index in [9.17, 15) is 0 Å². The lowest BCUT2D eigenvalue weighted by atomic mass is 9.94. The van der Waals surface area contributed by atoms with Gasteiger partial charge in [0.05, 0.1) is 0 Å². The number of piperazine rings is 1. The Labute approximate surface area is 135 Å². The molecule has 1 heterocycles. The molecule has 0 spiro atoms. The summed E-state index contributed by atoms with van der Waals surface area (Å²) in [5.41, 5.74) is 5.30. The van der Waals surface area contributed by atoms with Gasteiger partial charge in [0.1, 0.15) is 0 Å². The first-order valence-corrected chi connectivity index (χ1v) is 8.63. The zero-order chi connectivity index (χ0) is 16.1. The molecule has 1 atom stereocenters. The predicted octanol–water partition coefficient (Wildman–Crippen LogP) is 3.90. The molecule has 0 aromatic rings. The predicted molar refractivity (Wildman–Crippen MR) is 96.1 cm³/mol. The summed E-state index contributed by atoms with van der Waals surface area (Å²) in [4.78, 5) is 7.03. The van der Waals surface area contributed by atoms with Crippen LogP contribution in [0.15, 0.2) is 40.7 Å². The molecule has 22 heavy (non-hydrogen) atoms. The molecule has 122 valence electrons. The second-order valence-corrected chi connectivity index (χ2v) is 6.38. The van der Waals surface area contributed by atoms with E-state index >= 15 is 0 Å². The van der Waals surface area contributed by atoms with Crippen LogP contribution in [0.2, 0.25) is 0 Å². The maximum atomic E-state index is 4.50. The fourth-order valence-corrected chi connectivity index (χ4v) is 3.42. The van der Waals surface area contributed by atoms with Crippen molar-refractivity contribution in [2.24, 2.45) is 10.9 Å². The van der Waals surface area contributed by atoms with Gasteiger partial charge in [-0.1, -0.05) is 19.6 Å². The Hall–Kier alpha value is -1.35. The van der Waals surface area contributed by atoms with E-state index in [0.717, 1.165) is 31.3 Å². The van der Waals surface area contributed by atoms with Gasteiger partial charge < -0.3 is 10.2 Å². The molecule has 1 N–H and O–H groups in total. The van der Waals surface area contributed by atoms with Crippen molar-refractivity contribution in [3.8, 4) is 0 Å². The fourth-order valence-electron chi connectivity index (χ4n) is 3.42. The van der Waals surface area contributed by atoms with Crippen LogP contribution >= 0.6 is 0 Å². The molecule has 0 aromatic heterocycles. The highest BCUT2D eigenvalue weighted by molar-refractivity contribution is 6.03. The minimum Gasteiger partial charge on any atom is -0.372 e. The first kappa shape index (κ1) is 17.0. The van der Waals surface area contributed by atoms with Crippen LogP contribution < -0.4 is 5.32 Å². The van der Waals surface area contributed by atoms with Gasteiger partial charge >= 0.3 is 0 Å². The smallest absolute Gasteiger partial charge is 0.0464 e. The van der Waals surface area contributed by atoms with Gasteiger partial charge in [-0.15, -0.1) is 0 Å². The first-order chi connectivity index (χ1) is 10.6. The summed E-state index contributed by atoms with van der Waals surface area (Å²) in [6.45, 7) is 15.8. The lowest BCUT2D eigenvalue weighted by Crippen LogP contribution is -2.49. The average molecular weight is 301 g/mol. The van der Waals surface area contributed by atoms with E-state index in [1.165, 1.54) is 36.1 Å². The number of nitrogens with zero attached hydrogens (tertiary/aromatic N) is 2. The van der Waals surface area contributed by atoms with E-state index in [1.54, 1.807) is 6.20 Å². The van der Waals surface area contributed by atoms with Crippen molar-refractivity contribution < 1.29 is 0 Å². The fraction of sp³-hybridized carbons (Fsp3) is 0.632. The number of nitrogens with one attached hydrogen (secondary N) is 1. The quantitative estimate of drug-likeness (QED) is 0.595. The molecular formula is C19H31N3. The Kier molecular flexibility index (Phi) is 6.01. The van der Waals surface area contributed by atoms with Crippen molar-refractivity contribution in [3.63, 3.8) is 0 Å². The molecule has 1 saturated heterocycles. The summed E-state index contributed by atoms with van der Waals surface area (Å²) in [6, 6.07) is 0.594. The van der Waals surface area contributed by atoms with Crippen LogP contribution in [0.25, 0.3) is 0 Å². The minimum absolute atomic E-state index is 0.594. The molecule has 0 radical (unpaired) electrons. The number of allylic oxidation sites excluding steroid dienone is 4. The third-order valence-electron chi connectivity index (χ3n) is 4.85. The summed E-state index contributed by atoms with van der Waals surface area (Å²) >= 11 is 0. The van der Waals surface area contributed by atoms with E-state index in [-0.39, 0.29) is 0 Å². The summed E-state index contributed by atoms with van der Waals surface area (Å²) in [5, 5.41) is 3.60. The van der Waals surface area contributed by atoms with Gasteiger partial charge in [0, 0.05) is 48.9 Å². The molecule has 0 amide bonds. The highest BCUT2D eigenvalue weighted by atomic mass is 15.2. The van der Waals surface area contributed by atoms with Crippen molar-refractivity contribution in [2.75, 3.05) is 19.6 Å². The van der Waals surface area contributed by atoms with Crippen LogP contribution in [0.3, 0.4) is 0 Å². The zero-order valence-corrected chi connectivity index (χ0v) is 14.7. The topological polar surface area (TPSA) is 27.6 Å². The number of rotatable bonds is 6. The molecule has 1 aliphatic heterocycles. The van der Waals surface area contributed by atoms with Gasteiger partial charge in [-0.2, -0.15) is 0 Å². The minimum atomic E-state index is 0.594. The van der Waals surface area contributed by atoms with Crippen LogP contribution in [0.5, 0.6) is 0 Å². The van der Waals surface area contributed by atoms with E-state index in [1.807, 2.05) is 0 Å². The van der Waals surface area contributed by atoms with Gasteiger partial charge in [-0.25, -0.2) is 0 Å². The van der Waals surface area contributed by atoms with Crippen molar-refractivity contribution in [1.29, 1.82) is 0 Å². The Morgan fingerprint density at radius 2 is 2.09 bits per heavy atom. The highest BCUT2D eigenvalue weighted by Gasteiger charge is 2.31. The first-order valence-electron chi connectivity index (χ1n) is 8.63. The van der Waals surface area contributed by atoms with E-state index in [0.29, 0.717) is 6.04 Å². The van der Waals surface area contributed by atoms with Crippen molar-refractivity contribution in [1.82, 2.24) is 10.2 Å². The van der Waals surface area contributed by atoms with Crippen molar-refractivity contribution in [3.05, 3.63) is 35.7 Å². The lowest BCUT2D eigenvalue weighted by Gasteiger charge is -2.37.